The molecule has 2 fully saturated rings. The predicted molar refractivity (Wildman–Crippen MR) is 112 cm³/mol. The Morgan fingerprint density at radius 3 is 2.41 bits per heavy atom. The molecule has 2 unspecified atom stereocenters. The Bertz CT molecular complexity index is 711. The molecule has 2 aromatic rings. The summed E-state index contributed by atoms with van der Waals surface area (Å²) in [5, 5.41) is 15.3. The van der Waals surface area contributed by atoms with E-state index in [-0.39, 0.29) is 18.5 Å². The number of benzene rings is 2. The van der Waals surface area contributed by atoms with E-state index in [9.17, 15) is 5.11 Å². The molecule has 2 atom stereocenters. The molecule has 0 amide bonds. The highest BCUT2D eigenvalue weighted by Gasteiger charge is 2.46. The molecule has 4 heteroatoms. The van der Waals surface area contributed by atoms with Gasteiger partial charge in [-0.15, -0.1) is 12.4 Å². The third kappa shape index (κ3) is 4.38. The van der Waals surface area contributed by atoms with E-state index in [0.717, 1.165) is 25.9 Å². The summed E-state index contributed by atoms with van der Waals surface area (Å²) in [5.41, 5.74) is 2.82. The summed E-state index contributed by atoms with van der Waals surface area (Å²) in [6, 6.07) is 19.0. The van der Waals surface area contributed by atoms with Gasteiger partial charge in [0.25, 0.3) is 0 Å². The second-order valence-corrected chi connectivity index (χ2v) is 7.74. The zero-order valence-electron chi connectivity index (χ0n) is 15.8. The van der Waals surface area contributed by atoms with Gasteiger partial charge in [-0.25, -0.2) is 0 Å². The van der Waals surface area contributed by atoms with Gasteiger partial charge in [0.1, 0.15) is 0 Å². The first kappa shape index (κ1) is 20.3. The standard InChI is InChI=1S/C23H29NO2.ClH/c25-23(20-11-5-6-12-20,22-17-24-14-15-26-22)16-19-10-4-7-13-21(19)18-8-2-1-3-9-18;/h1-4,7-10,13,20,22,24-25H,5-6,11-12,14-17H2;1H. The lowest BCUT2D eigenvalue weighted by atomic mass is 9.75. The van der Waals surface area contributed by atoms with Crippen molar-refractivity contribution in [2.24, 2.45) is 5.92 Å². The van der Waals surface area contributed by atoms with E-state index in [2.05, 4.69) is 53.8 Å². The van der Waals surface area contributed by atoms with Crippen LogP contribution in [0.4, 0.5) is 0 Å². The molecule has 3 nitrogen and oxygen atoms in total. The predicted octanol–water partition coefficient (Wildman–Crippen LogP) is 4.23. The number of hydrogen-bond donors (Lipinski definition) is 2. The van der Waals surface area contributed by atoms with Crippen molar-refractivity contribution >= 4 is 12.4 Å². The fourth-order valence-corrected chi connectivity index (χ4v) is 4.71. The van der Waals surface area contributed by atoms with E-state index in [1.165, 1.54) is 29.5 Å². The maximum absolute atomic E-state index is 11.9. The third-order valence-corrected chi connectivity index (χ3v) is 6.12. The summed E-state index contributed by atoms with van der Waals surface area (Å²) in [6.07, 6.45) is 5.15. The number of aliphatic hydroxyl groups is 1. The molecule has 0 spiro atoms. The summed E-state index contributed by atoms with van der Waals surface area (Å²) >= 11 is 0. The van der Waals surface area contributed by atoms with Crippen LogP contribution in [0.2, 0.25) is 0 Å². The average Bonchev–Trinajstić information content (AvgIpc) is 3.25. The van der Waals surface area contributed by atoms with Gasteiger partial charge in [-0.1, -0.05) is 67.4 Å². The van der Waals surface area contributed by atoms with E-state index in [1.807, 2.05) is 6.07 Å². The SMILES string of the molecule is Cl.OC(Cc1ccccc1-c1ccccc1)(C1CCCC1)C1CNCCO1. The van der Waals surface area contributed by atoms with Crippen LogP contribution in [0.25, 0.3) is 11.1 Å². The third-order valence-electron chi connectivity index (χ3n) is 6.12. The lowest BCUT2D eigenvalue weighted by Gasteiger charge is -2.43. The molecule has 0 aromatic heterocycles. The van der Waals surface area contributed by atoms with Crippen LogP contribution in [0.5, 0.6) is 0 Å². The van der Waals surface area contributed by atoms with Gasteiger partial charge >= 0.3 is 0 Å². The Hall–Kier alpha value is -1.39. The van der Waals surface area contributed by atoms with Gasteiger partial charge in [0.05, 0.1) is 18.3 Å². The maximum Gasteiger partial charge on any atom is 0.0992 e. The molecule has 27 heavy (non-hydrogen) atoms. The number of ether oxygens (including phenoxy) is 1. The van der Waals surface area contributed by atoms with Gasteiger partial charge in [0, 0.05) is 19.5 Å². The van der Waals surface area contributed by atoms with Crippen LogP contribution in [-0.2, 0) is 11.2 Å². The molecule has 1 aliphatic carbocycles. The highest BCUT2D eigenvalue weighted by atomic mass is 35.5. The lowest BCUT2D eigenvalue weighted by molar-refractivity contribution is -0.147. The van der Waals surface area contributed by atoms with Gasteiger partial charge in [0.2, 0.25) is 0 Å². The van der Waals surface area contributed by atoms with Gasteiger partial charge in [-0.3, -0.25) is 0 Å². The van der Waals surface area contributed by atoms with E-state index in [1.54, 1.807) is 0 Å². The molecule has 4 rings (SSSR count). The summed E-state index contributed by atoms with van der Waals surface area (Å²) < 4.78 is 6.06. The van der Waals surface area contributed by atoms with Gasteiger partial charge in [-0.2, -0.15) is 0 Å². The zero-order chi connectivity index (χ0) is 17.8. The molecule has 146 valence electrons. The van der Waals surface area contributed by atoms with Crippen molar-refractivity contribution in [2.45, 2.75) is 43.8 Å². The minimum absolute atomic E-state index is 0. The zero-order valence-corrected chi connectivity index (χ0v) is 16.6. The van der Waals surface area contributed by atoms with Crippen molar-refractivity contribution in [1.29, 1.82) is 0 Å². The highest BCUT2D eigenvalue weighted by molar-refractivity contribution is 5.85. The van der Waals surface area contributed by atoms with Crippen molar-refractivity contribution in [3.63, 3.8) is 0 Å². The second kappa shape index (κ2) is 9.20. The number of halogens is 1. The van der Waals surface area contributed by atoms with E-state index in [0.29, 0.717) is 18.9 Å². The van der Waals surface area contributed by atoms with Gasteiger partial charge in [0.15, 0.2) is 0 Å². The van der Waals surface area contributed by atoms with Gasteiger partial charge in [-0.05, 0) is 35.4 Å². The van der Waals surface area contributed by atoms with Crippen LogP contribution in [-0.4, -0.2) is 36.5 Å². The van der Waals surface area contributed by atoms with Crippen LogP contribution in [0.15, 0.2) is 54.6 Å². The smallest absolute Gasteiger partial charge is 0.0992 e. The lowest BCUT2D eigenvalue weighted by Crippen LogP contribution is -2.57. The Labute approximate surface area is 168 Å². The Kier molecular flexibility index (Phi) is 6.93. The normalized spacial score (nSPS) is 22.8. The summed E-state index contributed by atoms with van der Waals surface area (Å²) in [7, 11) is 0. The van der Waals surface area contributed by atoms with E-state index < -0.39 is 5.60 Å². The van der Waals surface area contributed by atoms with Crippen molar-refractivity contribution in [3.8, 4) is 11.1 Å². The number of morpholine rings is 1. The molecule has 2 aliphatic rings. The number of nitrogens with one attached hydrogen (secondary N) is 1. The monoisotopic (exact) mass is 387 g/mol. The average molecular weight is 388 g/mol. The second-order valence-electron chi connectivity index (χ2n) is 7.74. The quantitative estimate of drug-likeness (QED) is 0.806. The fourth-order valence-electron chi connectivity index (χ4n) is 4.71. The fraction of sp³-hybridized carbons (Fsp3) is 0.478. The molecule has 0 radical (unpaired) electrons. The molecule has 1 saturated heterocycles. The molecule has 1 heterocycles. The first-order valence-corrected chi connectivity index (χ1v) is 9.95. The van der Waals surface area contributed by atoms with Crippen molar-refractivity contribution < 1.29 is 9.84 Å². The van der Waals surface area contributed by atoms with Crippen LogP contribution < -0.4 is 5.32 Å². The van der Waals surface area contributed by atoms with E-state index in [4.69, 9.17) is 4.74 Å². The van der Waals surface area contributed by atoms with Crippen LogP contribution in [0.1, 0.15) is 31.2 Å². The molecule has 1 saturated carbocycles. The Morgan fingerprint density at radius 1 is 1.00 bits per heavy atom. The minimum atomic E-state index is -0.811. The molecule has 2 N–H and O–H groups in total. The molecule has 1 aliphatic heterocycles. The molecule has 0 bridgehead atoms. The topological polar surface area (TPSA) is 41.5 Å². The Morgan fingerprint density at radius 2 is 1.70 bits per heavy atom. The first-order valence-electron chi connectivity index (χ1n) is 9.95. The summed E-state index contributed by atoms with van der Waals surface area (Å²) in [4.78, 5) is 0. The first-order chi connectivity index (χ1) is 12.8. The molecular weight excluding hydrogens is 358 g/mol. The minimum Gasteiger partial charge on any atom is -0.386 e. The Balaban J connectivity index is 0.00000210. The van der Waals surface area contributed by atoms with Crippen LogP contribution in [0, 0.1) is 5.92 Å². The number of hydrogen-bond acceptors (Lipinski definition) is 3. The molecular formula is C23H30ClNO2. The molecule has 2 aromatic carbocycles. The number of rotatable bonds is 5. The summed E-state index contributed by atoms with van der Waals surface area (Å²) in [5.74, 6) is 0.316. The van der Waals surface area contributed by atoms with Gasteiger partial charge < -0.3 is 15.2 Å². The van der Waals surface area contributed by atoms with Crippen molar-refractivity contribution in [2.75, 3.05) is 19.7 Å². The van der Waals surface area contributed by atoms with Crippen molar-refractivity contribution in [3.05, 3.63) is 60.2 Å². The van der Waals surface area contributed by atoms with Crippen molar-refractivity contribution in [1.82, 2.24) is 5.32 Å². The summed E-state index contributed by atoms with van der Waals surface area (Å²) in [6.45, 7) is 2.29. The van der Waals surface area contributed by atoms with Crippen LogP contribution in [0.3, 0.4) is 0 Å². The van der Waals surface area contributed by atoms with E-state index >= 15 is 0 Å². The highest BCUT2D eigenvalue weighted by Crippen LogP contribution is 2.41. The maximum atomic E-state index is 11.9. The van der Waals surface area contributed by atoms with Crippen LogP contribution >= 0.6 is 12.4 Å². The largest absolute Gasteiger partial charge is 0.386 e.